The largest absolute Gasteiger partial charge is 0.356 e. The first kappa shape index (κ1) is 25.8. The van der Waals surface area contributed by atoms with E-state index in [0.29, 0.717) is 5.02 Å². The molecule has 1 heterocycles. The summed E-state index contributed by atoms with van der Waals surface area (Å²) in [5.74, 6) is 0.872. The predicted molar refractivity (Wildman–Crippen MR) is 133 cm³/mol. The lowest BCUT2D eigenvalue weighted by atomic mass is 10.1. The van der Waals surface area contributed by atoms with Gasteiger partial charge in [-0.1, -0.05) is 29.3 Å². The molecule has 0 aromatic heterocycles. The summed E-state index contributed by atoms with van der Waals surface area (Å²) in [4.78, 5) is 9.25. The topological polar surface area (TPSA) is 42.9 Å². The van der Waals surface area contributed by atoms with Crippen LogP contribution in [0.1, 0.15) is 24.8 Å². The molecule has 1 aliphatic heterocycles. The standard InChI is InChI=1S/C20H33Cl2N5.HI/c1-23-20(24-9-3-4-11-27-14-12-26(2)13-15-27)25-10-5-6-17-7-8-18(21)16-19(17)22;/h7-8,16H,3-6,9-15H2,1-2H3,(H2,23,24,25);1H. The third kappa shape index (κ3) is 9.96. The summed E-state index contributed by atoms with van der Waals surface area (Å²) in [5.41, 5.74) is 1.13. The molecule has 2 N–H and O–H groups in total. The van der Waals surface area contributed by atoms with Crippen LogP contribution in [0.5, 0.6) is 0 Å². The first-order chi connectivity index (χ1) is 13.1. The van der Waals surface area contributed by atoms with Crippen molar-refractivity contribution in [2.24, 2.45) is 4.99 Å². The highest BCUT2D eigenvalue weighted by molar-refractivity contribution is 14.0. The van der Waals surface area contributed by atoms with Gasteiger partial charge in [-0.25, -0.2) is 0 Å². The van der Waals surface area contributed by atoms with Crippen LogP contribution in [-0.2, 0) is 6.42 Å². The molecule has 0 spiro atoms. The van der Waals surface area contributed by atoms with E-state index in [9.17, 15) is 0 Å². The third-order valence-corrected chi connectivity index (χ3v) is 5.53. The summed E-state index contributed by atoms with van der Waals surface area (Å²) in [6.45, 7) is 7.79. The molecule has 0 bridgehead atoms. The predicted octanol–water partition coefficient (Wildman–Crippen LogP) is 3.74. The van der Waals surface area contributed by atoms with Gasteiger partial charge >= 0.3 is 0 Å². The number of unbranched alkanes of at least 4 members (excludes halogenated alkanes) is 1. The molecule has 0 saturated carbocycles. The Morgan fingerprint density at radius 1 is 1.04 bits per heavy atom. The van der Waals surface area contributed by atoms with Gasteiger partial charge in [0.15, 0.2) is 5.96 Å². The summed E-state index contributed by atoms with van der Waals surface area (Å²) >= 11 is 12.1. The van der Waals surface area contributed by atoms with Crippen LogP contribution in [-0.4, -0.2) is 75.7 Å². The zero-order valence-corrected chi connectivity index (χ0v) is 20.9. The van der Waals surface area contributed by atoms with E-state index in [4.69, 9.17) is 23.2 Å². The SMILES string of the molecule is CN=C(NCCCCN1CCN(C)CC1)NCCCc1ccc(Cl)cc1Cl.I. The zero-order chi connectivity index (χ0) is 19.5. The molecule has 0 aliphatic carbocycles. The molecule has 0 radical (unpaired) electrons. The van der Waals surface area contributed by atoms with Crippen molar-refractivity contribution in [1.29, 1.82) is 0 Å². The van der Waals surface area contributed by atoms with Crippen LogP contribution in [0.3, 0.4) is 0 Å². The first-order valence-electron chi connectivity index (χ1n) is 9.88. The van der Waals surface area contributed by atoms with Crippen molar-refractivity contribution in [3.8, 4) is 0 Å². The molecule has 2 rings (SSSR count). The van der Waals surface area contributed by atoms with Crippen LogP contribution in [0.4, 0.5) is 0 Å². The molecule has 28 heavy (non-hydrogen) atoms. The second kappa shape index (κ2) is 14.7. The van der Waals surface area contributed by atoms with E-state index in [1.807, 2.05) is 19.2 Å². The van der Waals surface area contributed by atoms with Gasteiger partial charge in [-0.05, 0) is 57.0 Å². The molecule has 0 unspecified atom stereocenters. The molecule has 0 atom stereocenters. The molecule has 1 aromatic carbocycles. The highest BCUT2D eigenvalue weighted by Gasteiger charge is 2.12. The minimum absolute atomic E-state index is 0. The number of guanidine groups is 1. The van der Waals surface area contributed by atoms with E-state index in [-0.39, 0.29) is 24.0 Å². The van der Waals surface area contributed by atoms with Gasteiger partial charge in [0.25, 0.3) is 0 Å². The Hall–Kier alpha value is -0.280. The molecular formula is C20H34Cl2IN5. The smallest absolute Gasteiger partial charge is 0.190 e. The molecule has 1 saturated heterocycles. The van der Waals surface area contributed by atoms with Crippen molar-refractivity contribution in [1.82, 2.24) is 20.4 Å². The summed E-state index contributed by atoms with van der Waals surface area (Å²) in [5, 5.41) is 8.19. The molecule has 8 heteroatoms. The lowest BCUT2D eigenvalue weighted by Crippen LogP contribution is -2.44. The summed E-state index contributed by atoms with van der Waals surface area (Å²) in [6, 6.07) is 5.69. The van der Waals surface area contributed by atoms with Crippen molar-refractivity contribution in [2.75, 3.05) is 59.9 Å². The Bertz CT molecular complexity index is 592. The number of rotatable bonds is 9. The Balaban J connectivity index is 0.00000392. The van der Waals surface area contributed by atoms with Gasteiger partial charge in [-0.3, -0.25) is 4.99 Å². The zero-order valence-electron chi connectivity index (χ0n) is 17.0. The Labute approximate surface area is 197 Å². The van der Waals surface area contributed by atoms with E-state index in [1.54, 1.807) is 6.07 Å². The molecule has 0 amide bonds. The van der Waals surface area contributed by atoms with Gasteiger partial charge in [0, 0.05) is 56.4 Å². The van der Waals surface area contributed by atoms with Crippen LogP contribution < -0.4 is 10.6 Å². The van der Waals surface area contributed by atoms with Crippen molar-refractivity contribution < 1.29 is 0 Å². The minimum Gasteiger partial charge on any atom is -0.356 e. The number of nitrogens with one attached hydrogen (secondary N) is 2. The maximum Gasteiger partial charge on any atom is 0.190 e. The Morgan fingerprint density at radius 2 is 1.71 bits per heavy atom. The van der Waals surface area contributed by atoms with Gasteiger partial charge < -0.3 is 20.4 Å². The average molecular weight is 542 g/mol. The van der Waals surface area contributed by atoms with E-state index < -0.39 is 0 Å². The normalized spacial score (nSPS) is 15.9. The summed E-state index contributed by atoms with van der Waals surface area (Å²) in [6.07, 6.45) is 4.30. The molecule has 5 nitrogen and oxygen atoms in total. The van der Waals surface area contributed by atoms with E-state index in [0.717, 1.165) is 48.9 Å². The highest BCUT2D eigenvalue weighted by atomic mass is 127. The molecular weight excluding hydrogens is 508 g/mol. The fraction of sp³-hybridized carbons (Fsp3) is 0.650. The van der Waals surface area contributed by atoms with Gasteiger partial charge in [0.2, 0.25) is 0 Å². The highest BCUT2D eigenvalue weighted by Crippen LogP contribution is 2.21. The maximum atomic E-state index is 6.21. The fourth-order valence-electron chi connectivity index (χ4n) is 3.17. The summed E-state index contributed by atoms with van der Waals surface area (Å²) < 4.78 is 0. The number of hydrogen-bond donors (Lipinski definition) is 2. The quantitative estimate of drug-likeness (QED) is 0.216. The van der Waals surface area contributed by atoms with Gasteiger partial charge in [-0.15, -0.1) is 24.0 Å². The van der Waals surface area contributed by atoms with Crippen molar-refractivity contribution in [2.45, 2.75) is 25.7 Å². The van der Waals surface area contributed by atoms with E-state index in [1.165, 1.54) is 39.1 Å². The average Bonchev–Trinajstić information content (AvgIpc) is 2.66. The van der Waals surface area contributed by atoms with Gasteiger partial charge in [-0.2, -0.15) is 0 Å². The number of hydrogen-bond acceptors (Lipinski definition) is 3. The number of aryl methyl sites for hydroxylation is 1. The lowest BCUT2D eigenvalue weighted by Gasteiger charge is -2.32. The molecule has 1 aromatic rings. The van der Waals surface area contributed by atoms with Crippen LogP contribution in [0.25, 0.3) is 0 Å². The molecule has 1 aliphatic rings. The van der Waals surface area contributed by atoms with E-state index >= 15 is 0 Å². The Kier molecular flexibility index (Phi) is 13.5. The second-order valence-corrected chi connectivity index (χ2v) is 7.96. The number of piperazine rings is 1. The monoisotopic (exact) mass is 541 g/mol. The number of halogens is 3. The van der Waals surface area contributed by atoms with Crippen LogP contribution in [0, 0.1) is 0 Å². The number of nitrogens with zero attached hydrogens (tertiary/aromatic N) is 3. The van der Waals surface area contributed by atoms with Crippen molar-refractivity contribution in [3.63, 3.8) is 0 Å². The van der Waals surface area contributed by atoms with Crippen molar-refractivity contribution in [3.05, 3.63) is 33.8 Å². The van der Waals surface area contributed by atoms with Gasteiger partial charge in [0.05, 0.1) is 0 Å². The number of likely N-dealkylation sites (N-methyl/N-ethyl adjacent to an activating group) is 1. The molecule has 160 valence electrons. The van der Waals surface area contributed by atoms with Crippen molar-refractivity contribution >= 4 is 53.1 Å². The van der Waals surface area contributed by atoms with Crippen LogP contribution in [0.15, 0.2) is 23.2 Å². The third-order valence-electron chi connectivity index (χ3n) is 4.94. The number of benzene rings is 1. The van der Waals surface area contributed by atoms with Crippen LogP contribution >= 0.6 is 47.2 Å². The minimum atomic E-state index is 0. The van der Waals surface area contributed by atoms with Gasteiger partial charge in [0.1, 0.15) is 0 Å². The number of aliphatic imine (C=N–C) groups is 1. The van der Waals surface area contributed by atoms with Crippen LogP contribution in [0.2, 0.25) is 10.0 Å². The maximum absolute atomic E-state index is 6.21. The Morgan fingerprint density at radius 3 is 2.36 bits per heavy atom. The lowest BCUT2D eigenvalue weighted by molar-refractivity contribution is 0.152. The summed E-state index contributed by atoms with van der Waals surface area (Å²) in [7, 11) is 4.01. The molecule has 1 fully saturated rings. The second-order valence-electron chi connectivity index (χ2n) is 7.12. The first-order valence-corrected chi connectivity index (χ1v) is 10.6. The fourth-order valence-corrected chi connectivity index (χ4v) is 3.67. The van der Waals surface area contributed by atoms with E-state index in [2.05, 4.69) is 32.5 Å².